The minimum atomic E-state index is -0.608. The number of rotatable bonds is 10. The highest BCUT2D eigenvalue weighted by molar-refractivity contribution is 9.10. The van der Waals surface area contributed by atoms with Crippen molar-refractivity contribution < 1.29 is 14.0 Å². The largest absolute Gasteiger partial charge is 0.371 e. The van der Waals surface area contributed by atoms with Crippen molar-refractivity contribution in [2.24, 2.45) is 5.92 Å². The molecule has 0 saturated carbocycles. The maximum atomic E-state index is 15.2. The number of piperidine rings is 2. The van der Waals surface area contributed by atoms with Gasteiger partial charge in [0.2, 0.25) is 11.8 Å². The van der Waals surface area contributed by atoms with Crippen LogP contribution in [0.3, 0.4) is 0 Å². The summed E-state index contributed by atoms with van der Waals surface area (Å²) in [5.41, 5.74) is 7.66. The molecule has 4 saturated heterocycles. The predicted molar refractivity (Wildman–Crippen MR) is 234 cm³/mol. The van der Waals surface area contributed by atoms with Gasteiger partial charge in [-0.15, -0.1) is 0 Å². The number of imidazole rings is 1. The number of fused-ring (bicyclic) bond motifs is 1. The van der Waals surface area contributed by atoms with E-state index < -0.39 is 11.8 Å². The second-order valence-electron chi connectivity index (χ2n) is 16.5. The van der Waals surface area contributed by atoms with Gasteiger partial charge in [-0.1, -0.05) is 54.1 Å². The van der Waals surface area contributed by atoms with Crippen LogP contribution in [-0.2, 0) is 22.7 Å². The van der Waals surface area contributed by atoms with Gasteiger partial charge >= 0.3 is 0 Å². The maximum absolute atomic E-state index is 15.2. The Labute approximate surface area is 358 Å². The lowest BCUT2D eigenvalue weighted by Crippen LogP contribution is -2.48. The first-order valence-electron chi connectivity index (χ1n) is 20.9. The molecule has 2 aromatic heterocycles. The summed E-state index contributed by atoms with van der Waals surface area (Å²) in [6.07, 6.45) is 4.61. The molecule has 9 rings (SSSR count). The number of pyridine rings is 1. The summed E-state index contributed by atoms with van der Waals surface area (Å²) in [6.45, 7) is 12.7. The first kappa shape index (κ1) is 40.0. The van der Waals surface area contributed by atoms with Gasteiger partial charge in [0.15, 0.2) is 5.65 Å². The molecular weight excluding hydrogens is 833 g/mol. The number of hydrogen-bond donors (Lipinski definition) is 2. The number of aromatic nitrogens is 3. The van der Waals surface area contributed by atoms with E-state index in [9.17, 15) is 9.59 Å². The topological polar surface area (TPSA) is 104 Å². The minimum absolute atomic E-state index is 0.241. The van der Waals surface area contributed by atoms with E-state index in [4.69, 9.17) is 16.6 Å². The van der Waals surface area contributed by atoms with E-state index in [1.165, 1.54) is 11.1 Å². The second-order valence-corrected chi connectivity index (χ2v) is 17.8. The van der Waals surface area contributed by atoms with E-state index in [2.05, 4.69) is 92.1 Å². The lowest BCUT2D eigenvalue weighted by molar-refractivity contribution is -0.134. The zero-order valence-corrected chi connectivity index (χ0v) is 35.5. The van der Waals surface area contributed by atoms with E-state index in [1.807, 2.05) is 24.4 Å². The third-order valence-corrected chi connectivity index (χ3v) is 13.5. The molecule has 0 aliphatic carbocycles. The van der Waals surface area contributed by atoms with Crippen LogP contribution in [0.15, 0.2) is 77.4 Å². The standard InChI is InChI=1S/C45H50BrClFN9O2/c46-38-26-49-44-41(42(38)57-23-21-55(22-24-57)28-31-3-7-34(47)8-4-31)51-43(52-44)33-5-1-30(2-6-33)27-53-17-19-54(20-18-53)29-32-13-15-56(16-14-32)35-9-10-36(39(48)25-35)37-11-12-40(58)50-45(37)59/h1-10,25-26,32,37H,11-24,27-29H2,(H,49,51,52)(H,50,58,59)/t37-/m0/s1. The third-order valence-electron chi connectivity index (χ3n) is 12.6. The fourth-order valence-corrected chi connectivity index (χ4v) is 9.90. The zero-order valence-electron chi connectivity index (χ0n) is 33.2. The Balaban J connectivity index is 0.735. The van der Waals surface area contributed by atoms with Gasteiger partial charge in [0, 0.05) is 120 Å². The Morgan fingerprint density at radius 1 is 0.763 bits per heavy atom. The number of hydrogen-bond acceptors (Lipinski definition) is 9. The Morgan fingerprint density at radius 2 is 1.41 bits per heavy atom. The molecule has 0 unspecified atom stereocenters. The lowest BCUT2D eigenvalue weighted by Gasteiger charge is -2.39. The van der Waals surface area contributed by atoms with Crippen molar-refractivity contribution in [2.75, 3.05) is 81.8 Å². The Bertz CT molecular complexity index is 2280. The van der Waals surface area contributed by atoms with Crippen molar-refractivity contribution in [2.45, 2.75) is 44.7 Å². The van der Waals surface area contributed by atoms with Crippen molar-refractivity contribution in [3.63, 3.8) is 0 Å². The molecule has 59 heavy (non-hydrogen) atoms. The number of aromatic amines is 1. The molecule has 0 spiro atoms. The van der Waals surface area contributed by atoms with E-state index in [-0.39, 0.29) is 18.1 Å². The van der Waals surface area contributed by atoms with Crippen molar-refractivity contribution >= 4 is 61.9 Å². The van der Waals surface area contributed by atoms with Gasteiger partial charge in [-0.05, 0) is 76.5 Å². The monoisotopic (exact) mass is 881 g/mol. The van der Waals surface area contributed by atoms with Gasteiger partial charge in [0.1, 0.15) is 17.2 Å². The van der Waals surface area contributed by atoms with Crippen LogP contribution in [0.1, 0.15) is 48.3 Å². The summed E-state index contributed by atoms with van der Waals surface area (Å²) in [4.78, 5) is 49.3. The van der Waals surface area contributed by atoms with E-state index >= 15 is 4.39 Å². The summed E-state index contributed by atoms with van der Waals surface area (Å²) in [5.74, 6) is -0.217. The molecule has 4 aliphatic rings. The number of amides is 2. The van der Waals surface area contributed by atoms with Crippen molar-refractivity contribution in [1.82, 2.24) is 35.0 Å². The molecule has 3 aromatic carbocycles. The molecule has 2 N–H and O–H groups in total. The molecular formula is C45H50BrClFN9O2. The number of imide groups is 1. The summed E-state index contributed by atoms with van der Waals surface area (Å²) in [7, 11) is 0. The van der Waals surface area contributed by atoms with Crippen LogP contribution in [0.2, 0.25) is 5.02 Å². The van der Waals surface area contributed by atoms with Crippen LogP contribution < -0.4 is 15.1 Å². The first-order valence-corrected chi connectivity index (χ1v) is 22.1. The van der Waals surface area contributed by atoms with Crippen LogP contribution in [0.25, 0.3) is 22.6 Å². The number of carbonyl (C=O) groups is 2. The maximum Gasteiger partial charge on any atom is 0.234 e. The van der Waals surface area contributed by atoms with Crippen LogP contribution in [-0.4, -0.2) is 113 Å². The van der Waals surface area contributed by atoms with Crippen LogP contribution in [0, 0.1) is 11.7 Å². The summed E-state index contributed by atoms with van der Waals surface area (Å²) in [6, 6.07) is 22.1. The van der Waals surface area contributed by atoms with Crippen LogP contribution >= 0.6 is 27.5 Å². The molecule has 4 fully saturated rings. The summed E-state index contributed by atoms with van der Waals surface area (Å²) >= 11 is 9.88. The van der Waals surface area contributed by atoms with Crippen molar-refractivity contribution in [3.05, 3.63) is 105 Å². The van der Waals surface area contributed by atoms with Crippen LogP contribution in [0.4, 0.5) is 15.8 Å². The number of benzene rings is 3. The molecule has 14 heteroatoms. The fraction of sp³-hybridized carbons (Fsp3) is 0.422. The molecule has 11 nitrogen and oxygen atoms in total. The molecule has 4 aliphatic heterocycles. The average molecular weight is 883 g/mol. The van der Waals surface area contributed by atoms with Gasteiger partial charge < -0.3 is 19.7 Å². The predicted octanol–water partition coefficient (Wildman–Crippen LogP) is 7.06. The Morgan fingerprint density at radius 3 is 2.07 bits per heavy atom. The molecule has 6 heterocycles. The second kappa shape index (κ2) is 17.7. The quantitative estimate of drug-likeness (QED) is 0.143. The van der Waals surface area contributed by atoms with Gasteiger partial charge in [0.25, 0.3) is 0 Å². The average Bonchev–Trinajstić information content (AvgIpc) is 3.68. The first-order chi connectivity index (χ1) is 28.7. The molecule has 5 aromatic rings. The number of carbonyl (C=O) groups excluding carboxylic acids is 2. The van der Waals surface area contributed by atoms with Crippen LogP contribution in [0.5, 0.6) is 0 Å². The molecule has 2 amide bonds. The lowest BCUT2D eigenvalue weighted by atomic mass is 9.89. The SMILES string of the molecule is O=C1CC[C@@H](c2ccc(N3CCC(CN4CCN(Cc5ccc(-c6nc7ncc(Br)c(N8CCN(Cc9ccc(Cl)cc9)CC8)c7[nH]6)cc5)CC4)CC3)cc2F)C(=O)N1. The Hall–Kier alpha value is -4.40. The van der Waals surface area contributed by atoms with E-state index in [1.54, 1.807) is 12.1 Å². The smallest absolute Gasteiger partial charge is 0.234 e. The summed E-state index contributed by atoms with van der Waals surface area (Å²) < 4.78 is 16.1. The van der Waals surface area contributed by atoms with Gasteiger partial charge in [-0.3, -0.25) is 24.7 Å². The number of anilines is 2. The Kier molecular flexibility index (Phi) is 12.0. The van der Waals surface area contributed by atoms with Gasteiger partial charge in [0.05, 0.1) is 16.1 Å². The minimum Gasteiger partial charge on any atom is -0.371 e. The molecule has 1 atom stereocenters. The normalized spacial score (nSPS) is 20.4. The zero-order chi connectivity index (χ0) is 40.5. The van der Waals surface area contributed by atoms with E-state index in [0.29, 0.717) is 17.9 Å². The fourth-order valence-electron chi connectivity index (χ4n) is 9.23. The van der Waals surface area contributed by atoms with E-state index in [0.717, 1.165) is 141 Å². The summed E-state index contributed by atoms with van der Waals surface area (Å²) in [5, 5.41) is 3.11. The highest BCUT2D eigenvalue weighted by Gasteiger charge is 2.31. The highest BCUT2D eigenvalue weighted by Crippen LogP contribution is 2.35. The molecule has 0 radical (unpaired) electrons. The molecule has 308 valence electrons. The number of nitrogens with zero attached hydrogens (tertiary/aromatic N) is 7. The number of nitrogens with one attached hydrogen (secondary N) is 2. The van der Waals surface area contributed by atoms with Gasteiger partial charge in [-0.25, -0.2) is 14.4 Å². The highest BCUT2D eigenvalue weighted by atomic mass is 79.9. The van der Waals surface area contributed by atoms with Gasteiger partial charge in [-0.2, -0.15) is 0 Å². The van der Waals surface area contributed by atoms with Crippen molar-refractivity contribution in [3.8, 4) is 11.4 Å². The molecule has 0 bridgehead atoms. The third kappa shape index (κ3) is 9.19. The van der Waals surface area contributed by atoms with Crippen molar-refractivity contribution in [1.29, 1.82) is 0 Å². The number of halogens is 3. The number of piperazine rings is 2. The number of H-pyrrole nitrogens is 1.